The van der Waals surface area contributed by atoms with Crippen LogP contribution in [-0.4, -0.2) is 7.11 Å². The fourth-order valence-corrected chi connectivity index (χ4v) is 1.34. The quantitative estimate of drug-likeness (QED) is 0.746. The van der Waals surface area contributed by atoms with Crippen molar-refractivity contribution in [1.82, 2.24) is 0 Å². The topological polar surface area (TPSA) is 58.7 Å². The summed E-state index contributed by atoms with van der Waals surface area (Å²) in [5, 5.41) is 14.5. The van der Waals surface area contributed by atoms with Crippen LogP contribution in [0.1, 0.15) is 5.56 Å². The summed E-state index contributed by atoms with van der Waals surface area (Å²) in [5.74, 6) is 0.776. The lowest BCUT2D eigenvalue weighted by molar-refractivity contribution is 0.414. The molecule has 2 rings (SSSR count). The van der Waals surface area contributed by atoms with Crippen LogP contribution in [0, 0.1) is 0 Å². The monoisotopic (exact) mass is 208 g/mol. The van der Waals surface area contributed by atoms with Gasteiger partial charge in [-0.25, -0.2) is 0 Å². The summed E-state index contributed by atoms with van der Waals surface area (Å²) in [6.45, 7) is 0. The Morgan fingerprint density at radius 1 is 1.14 bits per heavy atom. The maximum Gasteiger partial charge on any atom is 0.262 e. The molecule has 72 valence electrons. The lowest BCUT2D eigenvalue weighted by Gasteiger charge is -2.12. The average molecular weight is 208 g/mol. The minimum absolute atomic E-state index is 0.776. The van der Waals surface area contributed by atoms with Crippen LogP contribution in [0.15, 0.2) is 44.9 Å². The molecule has 0 unspecified atom stereocenters. The van der Waals surface area contributed by atoms with Crippen molar-refractivity contribution in [1.29, 1.82) is 0 Å². The number of methoxy groups -OCH3 is 1. The fourth-order valence-electron chi connectivity index (χ4n) is 1.11. The van der Waals surface area contributed by atoms with Crippen LogP contribution >= 0.6 is 12.6 Å². The maximum absolute atomic E-state index is 5.03. The van der Waals surface area contributed by atoms with E-state index in [2.05, 4.69) is 33.3 Å². The molecule has 0 saturated heterocycles. The third kappa shape index (κ3) is 1.48. The highest BCUT2D eigenvalue weighted by Gasteiger charge is 2.30. The van der Waals surface area contributed by atoms with Crippen LogP contribution in [0.2, 0.25) is 0 Å². The lowest BCUT2D eigenvalue weighted by atomic mass is 10.2. The van der Waals surface area contributed by atoms with E-state index in [1.807, 2.05) is 24.3 Å². The van der Waals surface area contributed by atoms with E-state index in [1.54, 1.807) is 7.11 Å². The molecule has 1 heterocycles. The molecule has 14 heavy (non-hydrogen) atoms. The van der Waals surface area contributed by atoms with E-state index < -0.39 is 4.99 Å². The van der Waals surface area contributed by atoms with E-state index in [4.69, 9.17) is 4.74 Å². The van der Waals surface area contributed by atoms with Gasteiger partial charge < -0.3 is 4.74 Å². The van der Waals surface area contributed by atoms with Gasteiger partial charge in [-0.05, 0) is 34.7 Å². The molecule has 5 nitrogen and oxygen atoms in total. The molecule has 0 atom stereocenters. The van der Waals surface area contributed by atoms with Crippen LogP contribution in [0.3, 0.4) is 0 Å². The van der Waals surface area contributed by atoms with Gasteiger partial charge in [0.1, 0.15) is 5.75 Å². The highest BCUT2D eigenvalue weighted by atomic mass is 32.1. The van der Waals surface area contributed by atoms with Crippen molar-refractivity contribution in [3.8, 4) is 5.75 Å². The highest BCUT2D eigenvalue weighted by Crippen LogP contribution is 2.36. The third-order valence-corrected chi connectivity index (χ3v) is 2.32. The first-order valence-corrected chi connectivity index (χ1v) is 4.40. The van der Waals surface area contributed by atoms with Crippen molar-refractivity contribution in [3.05, 3.63) is 29.8 Å². The molecule has 1 aromatic carbocycles. The van der Waals surface area contributed by atoms with E-state index in [1.165, 1.54) is 0 Å². The van der Waals surface area contributed by atoms with Crippen LogP contribution in [0.5, 0.6) is 5.75 Å². The van der Waals surface area contributed by atoms with E-state index in [0.29, 0.717) is 0 Å². The maximum atomic E-state index is 5.03. The van der Waals surface area contributed by atoms with Crippen molar-refractivity contribution in [2.45, 2.75) is 4.99 Å². The molecular weight excluding hydrogens is 200 g/mol. The molecule has 0 aliphatic carbocycles. The van der Waals surface area contributed by atoms with Gasteiger partial charge in [0, 0.05) is 5.56 Å². The number of thiol groups is 1. The first-order valence-electron chi connectivity index (χ1n) is 3.95. The van der Waals surface area contributed by atoms with Gasteiger partial charge in [0.25, 0.3) is 4.99 Å². The van der Waals surface area contributed by atoms with Gasteiger partial charge in [0.05, 0.1) is 7.11 Å². The summed E-state index contributed by atoms with van der Waals surface area (Å²) in [5.41, 5.74) is 0.812. The molecule has 0 aromatic heterocycles. The predicted octanol–water partition coefficient (Wildman–Crippen LogP) is 2.57. The van der Waals surface area contributed by atoms with Gasteiger partial charge in [-0.1, -0.05) is 0 Å². The van der Waals surface area contributed by atoms with Crippen molar-refractivity contribution >= 4 is 12.6 Å². The first-order chi connectivity index (χ1) is 6.74. The number of hydrogen-bond donors (Lipinski definition) is 1. The van der Waals surface area contributed by atoms with Gasteiger partial charge in [0.2, 0.25) is 0 Å². The minimum Gasteiger partial charge on any atom is -0.497 e. The Kier molecular flexibility index (Phi) is 2.20. The zero-order chi connectivity index (χ0) is 10.0. The molecule has 0 spiro atoms. The summed E-state index contributed by atoms with van der Waals surface area (Å²) in [6, 6.07) is 7.29. The second kappa shape index (κ2) is 3.38. The van der Waals surface area contributed by atoms with Crippen LogP contribution in [0.4, 0.5) is 0 Å². The Bertz CT molecular complexity index is 375. The highest BCUT2D eigenvalue weighted by molar-refractivity contribution is 7.81. The Balaban J connectivity index is 2.33. The van der Waals surface area contributed by atoms with Crippen LogP contribution < -0.4 is 4.74 Å². The molecule has 1 aliphatic heterocycles. The minimum atomic E-state index is -0.966. The Morgan fingerprint density at radius 2 is 1.71 bits per heavy atom. The number of benzene rings is 1. The summed E-state index contributed by atoms with van der Waals surface area (Å²) in [7, 11) is 1.61. The summed E-state index contributed by atoms with van der Waals surface area (Å²) >= 11 is 4.27. The zero-order valence-corrected chi connectivity index (χ0v) is 8.35. The van der Waals surface area contributed by atoms with Crippen molar-refractivity contribution in [2.24, 2.45) is 20.7 Å². The number of hydrogen-bond acceptors (Lipinski definition) is 6. The molecule has 0 saturated carbocycles. The summed E-state index contributed by atoms with van der Waals surface area (Å²) < 4.78 is 5.03. The van der Waals surface area contributed by atoms with E-state index >= 15 is 0 Å². The molecule has 0 radical (unpaired) electrons. The molecule has 0 fully saturated rings. The standard InChI is InChI=1S/C8H8N4OS/c1-13-7-4-2-6(3-5-7)8(14)9-11-12-10-8/h2-5,14H,1H3. The zero-order valence-electron chi connectivity index (χ0n) is 7.45. The van der Waals surface area contributed by atoms with E-state index in [0.717, 1.165) is 11.3 Å². The molecule has 6 heteroatoms. The normalized spacial score (nSPS) is 17.3. The molecule has 0 N–H and O–H groups in total. The molecule has 1 aliphatic rings. The van der Waals surface area contributed by atoms with Gasteiger partial charge in [-0.15, -0.1) is 22.9 Å². The Labute approximate surface area is 86.3 Å². The molecule has 0 bridgehead atoms. The largest absolute Gasteiger partial charge is 0.497 e. The van der Waals surface area contributed by atoms with Gasteiger partial charge in [-0.2, -0.15) is 0 Å². The van der Waals surface area contributed by atoms with Crippen molar-refractivity contribution in [3.63, 3.8) is 0 Å². The smallest absolute Gasteiger partial charge is 0.262 e. The average Bonchev–Trinajstić information content (AvgIpc) is 2.67. The van der Waals surface area contributed by atoms with E-state index in [-0.39, 0.29) is 0 Å². The van der Waals surface area contributed by atoms with Gasteiger partial charge in [-0.3, -0.25) is 0 Å². The predicted molar refractivity (Wildman–Crippen MR) is 53.4 cm³/mol. The molecule has 1 aromatic rings. The van der Waals surface area contributed by atoms with Gasteiger partial charge in [0.15, 0.2) is 0 Å². The van der Waals surface area contributed by atoms with E-state index in [9.17, 15) is 0 Å². The number of rotatable bonds is 2. The summed E-state index contributed by atoms with van der Waals surface area (Å²) in [6.07, 6.45) is 0. The summed E-state index contributed by atoms with van der Waals surface area (Å²) in [4.78, 5) is -0.966. The Morgan fingerprint density at radius 3 is 2.21 bits per heavy atom. The third-order valence-electron chi connectivity index (χ3n) is 1.89. The molecular formula is C8H8N4OS. The van der Waals surface area contributed by atoms with Crippen LogP contribution in [-0.2, 0) is 4.99 Å². The molecule has 0 amide bonds. The van der Waals surface area contributed by atoms with Crippen molar-refractivity contribution < 1.29 is 4.74 Å². The number of ether oxygens (including phenoxy) is 1. The SMILES string of the molecule is COc1ccc(C2(S)N=NN=N2)cc1. The second-order valence-corrected chi connectivity index (χ2v) is 3.37. The fraction of sp³-hybridized carbons (Fsp3) is 0.250. The van der Waals surface area contributed by atoms with Crippen LogP contribution in [0.25, 0.3) is 0 Å². The Hall–Kier alpha value is -1.43. The first kappa shape index (κ1) is 9.14. The van der Waals surface area contributed by atoms with Gasteiger partial charge >= 0.3 is 0 Å². The number of nitrogens with zero attached hydrogens (tertiary/aromatic N) is 4. The van der Waals surface area contributed by atoms with Crippen molar-refractivity contribution in [2.75, 3.05) is 7.11 Å². The lowest BCUT2D eigenvalue weighted by Crippen LogP contribution is -2.08. The second-order valence-electron chi connectivity index (χ2n) is 2.74.